The van der Waals surface area contributed by atoms with Crippen molar-refractivity contribution in [3.63, 3.8) is 0 Å². The van der Waals surface area contributed by atoms with Gasteiger partial charge < -0.3 is 9.47 Å². The van der Waals surface area contributed by atoms with Gasteiger partial charge in [-0.25, -0.2) is 0 Å². The molecule has 3 aromatic carbocycles. The topological polar surface area (TPSA) is 47.9 Å². The molecule has 0 bridgehead atoms. The molecule has 0 atom stereocenters. The summed E-state index contributed by atoms with van der Waals surface area (Å²) in [7, 11) is 0. The lowest BCUT2D eigenvalue weighted by Gasteiger charge is -2.13. The predicted molar refractivity (Wildman–Crippen MR) is 97.5 cm³/mol. The van der Waals surface area contributed by atoms with E-state index >= 15 is 0 Å². The largest absolute Gasteiger partial charge is 0.489 e. The molecule has 0 unspecified atom stereocenters. The average Bonchev–Trinajstić information content (AvgIpc) is 2.68. The van der Waals surface area contributed by atoms with Crippen LogP contribution >= 0.6 is 0 Å². The van der Waals surface area contributed by atoms with Gasteiger partial charge in [0.05, 0.1) is 0 Å². The maximum absolute atomic E-state index is 10.7. The second-order valence-corrected chi connectivity index (χ2v) is 5.61. The monoisotopic (exact) mass is 333 g/mol. The van der Waals surface area contributed by atoms with Crippen molar-refractivity contribution < 1.29 is 9.47 Å². The highest BCUT2D eigenvalue weighted by Gasteiger charge is 2.07. The van der Waals surface area contributed by atoms with Crippen LogP contribution in [0.3, 0.4) is 0 Å². The Hall–Kier alpha value is -3.14. The summed E-state index contributed by atoms with van der Waals surface area (Å²) in [4.78, 5) is 10.7. The maximum atomic E-state index is 10.7. The van der Waals surface area contributed by atoms with Gasteiger partial charge in [0.2, 0.25) is 0 Å². The van der Waals surface area contributed by atoms with Crippen LogP contribution in [0.5, 0.6) is 11.5 Å². The summed E-state index contributed by atoms with van der Waals surface area (Å²) >= 11 is 0. The van der Waals surface area contributed by atoms with Crippen molar-refractivity contribution in [1.82, 2.24) is 0 Å². The lowest BCUT2D eigenvalue weighted by molar-refractivity contribution is 0.288. The third kappa shape index (κ3) is 4.91. The van der Waals surface area contributed by atoms with Gasteiger partial charge in [-0.15, -0.1) is 0 Å². The number of rotatable bonds is 8. The van der Waals surface area contributed by atoms with Gasteiger partial charge >= 0.3 is 0 Å². The minimum Gasteiger partial charge on any atom is -0.489 e. The average molecular weight is 333 g/mol. The fourth-order valence-electron chi connectivity index (χ4n) is 2.44. The quantitative estimate of drug-likeness (QED) is 0.538. The van der Waals surface area contributed by atoms with Crippen LogP contribution in [0.2, 0.25) is 0 Å². The van der Waals surface area contributed by atoms with E-state index in [9.17, 15) is 4.91 Å². The van der Waals surface area contributed by atoms with Gasteiger partial charge in [-0.3, -0.25) is 0 Å². The van der Waals surface area contributed by atoms with Crippen LogP contribution in [0.15, 0.2) is 84.0 Å². The Bertz CT molecular complexity index is 804. The predicted octanol–water partition coefficient (Wildman–Crippen LogP) is 5.11. The van der Waals surface area contributed by atoms with Crippen molar-refractivity contribution in [3.05, 3.63) is 100 Å². The maximum Gasteiger partial charge on any atom is 0.128 e. The fraction of sp³-hybridized carbons (Fsp3) is 0.143. The number of nitroso groups, excluding NO2 is 1. The molecule has 3 rings (SSSR count). The molecule has 0 heterocycles. The first-order valence-corrected chi connectivity index (χ1v) is 8.10. The first kappa shape index (κ1) is 16.7. The smallest absolute Gasteiger partial charge is 0.128 e. The summed E-state index contributed by atoms with van der Waals surface area (Å²) in [6.07, 6.45) is 0. The zero-order chi connectivity index (χ0) is 17.3. The molecule has 4 heteroatoms. The minimum atomic E-state index is 0.0725. The van der Waals surface area contributed by atoms with Gasteiger partial charge in [-0.2, -0.15) is 4.91 Å². The molecule has 0 N–H and O–H groups in total. The number of hydrogen-bond acceptors (Lipinski definition) is 4. The van der Waals surface area contributed by atoms with Gasteiger partial charge in [0, 0.05) is 11.6 Å². The van der Waals surface area contributed by atoms with Crippen molar-refractivity contribution in [2.45, 2.75) is 19.8 Å². The van der Waals surface area contributed by atoms with Crippen LogP contribution in [-0.4, -0.2) is 0 Å². The van der Waals surface area contributed by atoms with E-state index in [1.807, 2.05) is 78.9 Å². The lowest BCUT2D eigenvalue weighted by atomic mass is 10.2. The van der Waals surface area contributed by atoms with Gasteiger partial charge in [-0.05, 0) is 23.3 Å². The molecular weight excluding hydrogens is 314 g/mol. The molecular formula is C21H19NO3. The molecule has 0 spiro atoms. The highest BCUT2D eigenvalue weighted by atomic mass is 16.5. The van der Waals surface area contributed by atoms with Crippen LogP contribution in [0.1, 0.15) is 16.7 Å². The summed E-state index contributed by atoms with van der Waals surface area (Å²) in [5.74, 6) is 1.32. The Morgan fingerprint density at radius 1 is 0.720 bits per heavy atom. The van der Waals surface area contributed by atoms with Gasteiger partial charge in [0.25, 0.3) is 0 Å². The van der Waals surface area contributed by atoms with Crippen LogP contribution in [0.4, 0.5) is 0 Å². The van der Waals surface area contributed by atoms with Crippen molar-refractivity contribution in [2.75, 3.05) is 0 Å². The van der Waals surface area contributed by atoms with Crippen molar-refractivity contribution >= 4 is 0 Å². The summed E-state index contributed by atoms with van der Waals surface area (Å²) in [6, 6.07) is 25.3. The van der Waals surface area contributed by atoms with Crippen LogP contribution in [0.25, 0.3) is 0 Å². The van der Waals surface area contributed by atoms with E-state index in [2.05, 4.69) is 5.18 Å². The second kappa shape index (κ2) is 8.64. The standard InChI is InChI=1S/C21H19NO3/c23-22-14-19-11-12-20(24-15-17-7-3-1-4-8-17)13-21(19)25-16-18-9-5-2-6-10-18/h1-13H,14-16H2. The van der Waals surface area contributed by atoms with E-state index < -0.39 is 0 Å². The normalized spacial score (nSPS) is 10.2. The van der Waals surface area contributed by atoms with Crippen molar-refractivity contribution in [2.24, 2.45) is 5.18 Å². The molecule has 0 aliphatic heterocycles. The summed E-state index contributed by atoms with van der Waals surface area (Å²) in [5.41, 5.74) is 2.90. The lowest BCUT2D eigenvalue weighted by Crippen LogP contribution is -2.00. The van der Waals surface area contributed by atoms with E-state index in [1.165, 1.54) is 0 Å². The molecule has 0 saturated heterocycles. The second-order valence-electron chi connectivity index (χ2n) is 5.61. The zero-order valence-corrected chi connectivity index (χ0v) is 13.8. The zero-order valence-electron chi connectivity index (χ0n) is 13.8. The molecule has 25 heavy (non-hydrogen) atoms. The number of hydrogen-bond donors (Lipinski definition) is 0. The van der Waals surface area contributed by atoms with E-state index in [0.717, 1.165) is 16.7 Å². The summed E-state index contributed by atoms with van der Waals surface area (Å²) < 4.78 is 11.7. The molecule has 0 aliphatic carbocycles. The Labute approximate surface area is 147 Å². The van der Waals surface area contributed by atoms with Crippen LogP contribution in [-0.2, 0) is 19.8 Å². The summed E-state index contributed by atoms with van der Waals surface area (Å²) in [6.45, 7) is 0.974. The van der Waals surface area contributed by atoms with E-state index in [4.69, 9.17) is 9.47 Å². The third-order valence-corrected chi connectivity index (χ3v) is 3.76. The van der Waals surface area contributed by atoms with Crippen molar-refractivity contribution in [3.8, 4) is 11.5 Å². The molecule has 3 aromatic rings. The Morgan fingerprint density at radius 3 is 1.92 bits per heavy atom. The Morgan fingerprint density at radius 2 is 1.32 bits per heavy atom. The molecule has 0 fully saturated rings. The van der Waals surface area contributed by atoms with E-state index in [0.29, 0.717) is 24.7 Å². The molecule has 0 saturated carbocycles. The minimum absolute atomic E-state index is 0.0725. The van der Waals surface area contributed by atoms with Crippen LogP contribution in [0, 0.1) is 4.91 Å². The summed E-state index contributed by atoms with van der Waals surface area (Å²) in [5, 5.41) is 2.97. The molecule has 126 valence electrons. The van der Waals surface area contributed by atoms with Gasteiger partial charge in [0.1, 0.15) is 31.3 Å². The van der Waals surface area contributed by atoms with Crippen LogP contribution < -0.4 is 9.47 Å². The molecule has 0 aliphatic rings. The van der Waals surface area contributed by atoms with Gasteiger partial charge in [0.15, 0.2) is 0 Å². The number of benzene rings is 3. The highest BCUT2D eigenvalue weighted by molar-refractivity contribution is 5.41. The molecule has 0 amide bonds. The molecule has 4 nitrogen and oxygen atoms in total. The van der Waals surface area contributed by atoms with E-state index in [-0.39, 0.29) is 6.54 Å². The first-order valence-electron chi connectivity index (χ1n) is 8.10. The molecule has 0 radical (unpaired) electrons. The van der Waals surface area contributed by atoms with Crippen molar-refractivity contribution in [1.29, 1.82) is 0 Å². The van der Waals surface area contributed by atoms with E-state index in [1.54, 1.807) is 0 Å². The number of nitrogens with zero attached hydrogens (tertiary/aromatic N) is 1. The highest BCUT2D eigenvalue weighted by Crippen LogP contribution is 2.27. The Kier molecular flexibility index (Phi) is 5.77. The molecule has 0 aromatic heterocycles. The SMILES string of the molecule is O=NCc1ccc(OCc2ccccc2)cc1OCc1ccccc1. The third-order valence-electron chi connectivity index (χ3n) is 3.76. The first-order chi connectivity index (χ1) is 12.3. The van der Waals surface area contributed by atoms with Gasteiger partial charge in [-0.1, -0.05) is 65.8 Å². The fourth-order valence-corrected chi connectivity index (χ4v) is 2.44. The number of ether oxygens (including phenoxy) is 2. The Balaban J connectivity index is 1.71.